The van der Waals surface area contributed by atoms with E-state index >= 15 is 0 Å². The van der Waals surface area contributed by atoms with Crippen molar-refractivity contribution in [3.63, 3.8) is 0 Å². The lowest BCUT2D eigenvalue weighted by Gasteiger charge is -2.22. The van der Waals surface area contributed by atoms with Crippen molar-refractivity contribution < 1.29 is 19.4 Å². The maximum absolute atomic E-state index is 11.7. The second-order valence-electron chi connectivity index (χ2n) is 5.48. The van der Waals surface area contributed by atoms with E-state index in [1.165, 1.54) is 0 Å². The number of hydrogen-bond donors (Lipinski definition) is 2. The second kappa shape index (κ2) is 7.31. The zero-order valence-corrected chi connectivity index (χ0v) is 12.4. The van der Waals surface area contributed by atoms with Crippen LogP contribution in [0.1, 0.15) is 32.1 Å². The molecule has 0 aliphatic heterocycles. The van der Waals surface area contributed by atoms with Gasteiger partial charge in [0.15, 0.2) is 0 Å². The quantitative estimate of drug-likeness (QED) is 0.805. The van der Waals surface area contributed by atoms with Gasteiger partial charge in [-0.05, 0) is 37.1 Å². The maximum atomic E-state index is 11.7. The summed E-state index contributed by atoms with van der Waals surface area (Å²) in [4.78, 5) is 11.7. The van der Waals surface area contributed by atoms with E-state index in [0.717, 1.165) is 31.4 Å². The van der Waals surface area contributed by atoms with Gasteiger partial charge in [-0.3, -0.25) is 4.79 Å². The lowest BCUT2D eigenvalue weighted by atomic mass is 10.0. The third kappa shape index (κ3) is 4.93. The Morgan fingerprint density at radius 3 is 2.48 bits per heavy atom. The summed E-state index contributed by atoms with van der Waals surface area (Å²) in [5, 5.41) is 12.9. The van der Waals surface area contributed by atoms with Crippen LogP contribution in [-0.2, 0) is 4.79 Å². The molecular weight excluding hydrogens is 270 g/mol. The molecule has 0 saturated heterocycles. The molecule has 1 aliphatic carbocycles. The smallest absolute Gasteiger partial charge is 0.223 e. The largest absolute Gasteiger partial charge is 0.497 e. The molecule has 0 bridgehead atoms. The first-order valence-electron chi connectivity index (χ1n) is 7.37. The predicted molar refractivity (Wildman–Crippen MR) is 79.5 cm³/mol. The van der Waals surface area contributed by atoms with Crippen LogP contribution in [0.4, 0.5) is 0 Å². The van der Waals surface area contributed by atoms with Crippen molar-refractivity contribution in [3.8, 4) is 11.5 Å². The van der Waals surface area contributed by atoms with Crippen LogP contribution >= 0.6 is 0 Å². The molecule has 5 heteroatoms. The number of aliphatic hydroxyl groups is 1. The van der Waals surface area contributed by atoms with Gasteiger partial charge in [-0.15, -0.1) is 0 Å². The third-order valence-corrected chi connectivity index (χ3v) is 3.81. The number of benzene rings is 1. The molecule has 1 amide bonds. The van der Waals surface area contributed by atoms with Crippen LogP contribution in [0.15, 0.2) is 24.3 Å². The van der Waals surface area contributed by atoms with Crippen LogP contribution in [0, 0.1) is 0 Å². The Hall–Kier alpha value is -1.75. The molecule has 1 aromatic carbocycles. The van der Waals surface area contributed by atoms with Crippen molar-refractivity contribution in [2.75, 3.05) is 20.3 Å². The van der Waals surface area contributed by atoms with Crippen LogP contribution in [0.3, 0.4) is 0 Å². The van der Waals surface area contributed by atoms with Gasteiger partial charge in [0.05, 0.1) is 25.7 Å². The minimum atomic E-state index is -0.702. The standard InChI is InChI=1S/C16H23NO4/c1-20-13-4-6-14(7-5-13)21-11-8-15(18)17-12-16(19)9-2-3-10-16/h4-7,19H,2-3,8-12H2,1H3,(H,17,18). The Morgan fingerprint density at radius 1 is 1.24 bits per heavy atom. The Kier molecular flexibility index (Phi) is 5.44. The molecule has 5 nitrogen and oxygen atoms in total. The summed E-state index contributed by atoms with van der Waals surface area (Å²) in [6.07, 6.45) is 3.90. The van der Waals surface area contributed by atoms with Crippen LogP contribution in [0.5, 0.6) is 11.5 Å². The van der Waals surface area contributed by atoms with Gasteiger partial charge in [0.1, 0.15) is 11.5 Å². The van der Waals surface area contributed by atoms with Crippen molar-refractivity contribution in [2.45, 2.75) is 37.7 Å². The first-order valence-corrected chi connectivity index (χ1v) is 7.37. The third-order valence-electron chi connectivity index (χ3n) is 3.81. The van der Waals surface area contributed by atoms with Crippen molar-refractivity contribution in [2.24, 2.45) is 0 Å². The van der Waals surface area contributed by atoms with Gasteiger partial charge >= 0.3 is 0 Å². The van der Waals surface area contributed by atoms with Crippen molar-refractivity contribution in [1.82, 2.24) is 5.32 Å². The fourth-order valence-electron chi connectivity index (χ4n) is 2.49. The number of methoxy groups -OCH3 is 1. The maximum Gasteiger partial charge on any atom is 0.223 e. The van der Waals surface area contributed by atoms with Gasteiger partial charge in [-0.25, -0.2) is 0 Å². The minimum Gasteiger partial charge on any atom is -0.497 e. The van der Waals surface area contributed by atoms with E-state index in [0.29, 0.717) is 18.9 Å². The Bertz CT molecular complexity index is 452. The lowest BCUT2D eigenvalue weighted by Crippen LogP contribution is -2.41. The van der Waals surface area contributed by atoms with E-state index in [9.17, 15) is 9.90 Å². The van der Waals surface area contributed by atoms with E-state index in [1.54, 1.807) is 19.2 Å². The van der Waals surface area contributed by atoms with Gasteiger partial charge < -0.3 is 19.9 Å². The topological polar surface area (TPSA) is 67.8 Å². The molecule has 0 radical (unpaired) electrons. The number of hydrogen-bond acceptors (Lipinski definition) is 4. The van der Waals surface area contributed by atoms with Gasteiger partial charge in [0, 0.05) is 6.54 Å². The molecule has 0 heterocycles. The number of carbonyl (C=O) groups excluding carboxylic acids is 1. The molecule has 21 heavy (non-hydrogen) atoms. The molecule has 1 saturated carbocycles. The van der Waals surface area contributed by atoms with E-state index in [1.807, 2.05) is 12.1 Å². The van der Waals surface area contributed by atoms with Gasteiger partial charge in [0.2, 0.25) is 5.91 Å². The Balaban J connectivity index is 1.64. The summed E-state index contributed by atoms with van der Waals surface area (Å²) in [7, 11) is 1.61. The van der Waals surface area contributed by atoms with Crippen molar-refractivity contribution in [3.05, 3.63) is 24.3 Å². The first kappa shape index (κ1) is 15.6. The van der Waals surface area contributed by atoms with Gasteiger partial charge in [-0.1, -0.05) is 12.8 Å². The first-order chi connectivity index (χ1) is 10.1. The summed E-state index contributed by atoms with van der Waals surface area (Å²) < 4.78 is 10.6. The average Bonchev–Trinajstić information content (AvgIpc) is 2.93. The van der Waals surface area contributed by atoms with E-state index in [-0.39, 0.29) is 12.3 Å². The second-order valence-corrected chi connectivity index (χ2v) is 5.48. The van der Waals surface area contributed by atoms with Crippen LogP contribution in [0.2, 0.25) is 0 Å². The lowest BCUT2D eigenvalue weighted by molar-refractivity contribution is -0.122. The Morgan fingerprint density at radius 2 is 1.86 bits per heavy atom. The predicted octanol–water partition coefficient (Wildman–Crippen LogP) is 1.89. The SMILES string of the molecule is COc1ccc(OCCC(=O)NCC2(O)CCCC2)cc1. The fourth-order valence-corrected chi connectivity index (χ4v) is 2.49. The molecule has 0 unspecified atom stereocenters. The molecule has 2 rings (SSSR count). The number of amides is 1. The Labute approximate surface area is 125 Å². The average molecular weight is 293 g/mol. The summed E-state index contributed by atoms with van der Waals surface area (Å²) in [5.74, 6) is 1.38. The summed E-state index contributed by atoms with van der Waals surface area (Å²) in [5.41, 5.74) is -0.702. The molecule has 116 valence electrons. The summed E-state index contributed by atoms with van der Waals surface area (Å²) in [6.45, 7) is 0.658. The number of rotatable bonds is 7. The molecule has 1 fully saturated rings. The zero-order valence-electron chi connectivity index (χ0n) is 12.4. The highest BCUT2D eigenvalue weighted by Gasteiger charge is 2.31. The zero-order chi connectivity index (χ0) is 15.1. The molecule has 1 aromatic rings. The number of nitrogens with one attached hydrogen (secondary N) is 1. The molecule has 0 aromatic heterocycles. The van der Waals surface area contributed by atoms with E-state index < -0.39 is 5.60 Å². The molecule has 1 aliphatic rings. The van der Waals surface area contributed by atoms with Crippen molar-refractivity contribution >= 4 is 5.91 Å². The van der Waals surface area contributed by atoms with E-state index in [2.05, 4.69) is 5.32 Å². The number of carbonyl (C=O) groups is 1. The highest BCUT2D eigenvalue weighted by molar-refractivity contribution is 5.76. The molecule has 0 atom stereocenters. The molecular formula is C16H23NO4. The van der Waals surface area contributed by atoms with E-state index in [4.69, 9.17) is 9.47 Å². The number of ether oxygens (including phenoxy) is 2. The molecule has 0 spiro atoms. The highest BCUT2D eigenvalue weighted by atomic mass is 16.5. The minimum absolute atomic E-state index is 0.0937. The van der Waals surface area contributed by atoms with Crippen molar-refractivity contribution in [1.29, 1.82) is 0 Å². The fraction of sp³-hybridized carbons (Fsp3) is 0.562. The van der Waals surface area contributed by atoms with Crippen LogP contribution in [0.25, 0.3) is 0 Å². The monoisotopic (exact) mass is 293 g/mol. The summed E-state index contributed by atoms with van der Waals surface area (Å²) >= 11 is 0. The highest BCUT2D eigenvalue weighted by Crippen LogP contribution is 2.28. The van der Waals surface area contributed by atoms with Crippen LogP contribution < -0.4 is 14.8 Å². The summed E-state index contributed by atoms with van der Waals surface area (Å²) in [6, 6.07) is 7.23. The molecule has 2 N–H and O–H groups in total. The van der Waals surface area contributed by atoms with Gasteiger partial charge in [-0.2, -0.15) is 0 Å². The normalized spacial score (nSPS) is 16.5. The van der Waals surface area contributed by atoms with Crippen LogP contribution in [-0.4, -0.2) is 36.9 Å². The van der Waals surface area contributed by atoms with Gasteiger partial charge in [0.25, 0.3) is 0 Å².